The highest BCUT2D eigenvalue weighted by Crippen LogP contribution is 2.14. The minimum Gasteiger partial charge on any atom is -0.391 e. The number of hydrogen-bond acceptors (Lipinski definition) is 3. The lowest BCUT2D eigenvalue weighted by Gasteiger charge is -2.30. The third-order valence-corrected chi connectivity index (χ3v) is 2.90. The second-order valence-corrected chi connectivity index (χ2v) is 4.22. The predicted molar refractivity (Wildman–Crippen MR) is 60.1 cm³/mol. The molecule has 0 bridgehead atoms. The molecule has 0 radical (unpaired) electrons. The number of likely N-dealkylation sites (tertiary alicyclic amines) is 1. The van der Waals surface area contributed by atoms with E-state index in [1.54, 1.807) is 11.1 Å². The normalized spacial score (nSPS) is 20.9. The van der Waals surface area contributed by atoms with Crippen LogP contribution in [0.1, 0.15) is 28.9 Å². The fraction of sp³-hybridized carbons (Fsp3) is 0.500. The Balaban J connectivity index is 2.16. The third kappa shape index (κ3) is 2.22. The van der Waals surface area contributed by atoms with Gasteiger partial charge >= 0.3 is 0 Å². The molecule has 0 spiro atoms. The summed E-state index contributed by atoms with van der Waals surface area (Å²) in [6.07, 6.45) is 2.88. The number of aliphatic hydroxyl groups is 1. The molecule has 0 unspecified atom stereocenters. The summed E-state index contributed by atoms with van der Waals surface area (Å²) in [5, 5.41) is 9.53. The Bertz CT molecular complexity index is 392. The maximum absolute atomic E-state index is 12.1. The molecule has 1 atom stereocenters. The molecule has 4 heteroatoms. The minimum atomic E-state index is -0.387. The first-order valence-corrected chi connectivity index (χ1v) is 5.57. The highest BCUT2D eigenvalue weighted by Gasteiger charge is 2.24. The molecule has 1 aliphatic rings. The third-order valence-electron chi connectivity index (χ3n) is 2.90. The molecule has 1 aromatic heterocycles. The molecule has 1 N–H and O–H groups in total. The Kier molecular flexibility index (Phi) is 3.19. The van der Waals surface area contributed by atoms with Gasteiger partial charge in [-0.2, -0.15) is 0 Å². The molecular formula is C12H16N2O2. The van der Waals surface area contributed by atoms with Gasteiger partial charge in [-0.3, -0.25) is 9.78 Å². The first-order valence-electron chi connectivity index (χ1n) is 5.57. The van der Waals surface area contributed by atoms with Crippen molar-refractivity contribution in [3.63, 3.8) is 0 Å². The number of β-amino-alcohol motifs (C(OH)–C–C–N with tert-alkyl or cyclic N) is 1. The van der Waals surface area contributed by atoms with Gasteiger partial charge in [-0.25, -0.2) is 0 Å². The summed E-state index contributed by atoms with van der Waals surface area (Å²) in [7, 11) is 0. The van der Waals surface area contributed by atoms with E-state index in [1.807, 2.05) is 19.1 Å². The van der Waals surface area contributed by atoms with E-state index in [-0.39, 0.29) is 12.0 Å². The number of carbonyl (C=O) groups is 1. The van der Waals surface area contributed by atoms with E-state index in [9.17, 15) is 9.90 Å². The zero-order valence-electron chi connectivity index (χ0n) is 9.39. The smallest absolute Gasteiger partial charge is 0.272 e. The molecule has 2 heterocycles. The number of carbonyl (C=O) groups excluding carboxylic acids is 1. The molecule has 0 aliphatic carbocycles. The van der Waals surface area contributed by atoms with Crippen molar-refractivity contribution in [3.8, 4) is 0 Å². The van der Waals surface area contributed by atoms with Crippen LogP contribution in [0, 0.1) is 6.92 Å². The van der Waals surface area contributed by atoms with Crippen LogP contribution >= 0.6 is 0 Å². The van der Waals surface area contributed by atoms with Gasteiger partial charge in [-0.15, -0.1) is 0 Å². The molecule has 1 fully saturated rings. The van der Waals surface area contributed by atoms with Gasteiger partial charge < -0.3 is 10.0 Å². The molecule has 1 aliphatic heterocycles. The molecule has 0 saturated carbocycles. The van der Waals surface area contributed by atoms with Crippen molar-refractivity contribution in [2.45, 2.75) is 25.9 Å². The van der Waals surface area contributed by atoms with Crippen molar-refractivity contribution in [1.82, 2.24) is 9.88 Å². The van der Waals surface area contributed by atoms with Gasteiger partial charge in [0, 0.05) is 19.3 Å². The van der Waals surface area contributed by atoms with E-state index in [0.717, 1.165) is 18.4 Å². The van der Waals surface area contributed by atoms with Gasteiger partial charge in [0.05, 0.1) is 6.10 Å². The van der Waals surface area contributed by atoms with E-state index in [2.05, 4.69) is 4.98 Å². The fourth-order valence-corrected chi connectivity index (χ4v) is 2.00. The molecule has 86 valence electrons. The monoisotopic (exact) mass is 220 g/mol. The van der Waals surface area contributed by atoms with Crippen LogP contribution in [0.25, 0.3) is 0 Å². The standard InChI is InChI=1S/C12H16N2O2/c1-9-4-2-6-13-11(9)12(16)14-7-3-5-10(15)8-14/h2,4,6,10,15H,3,5,7-8H2,1H3/t10-/m0/s1. The summed E-state index contributed by atoms with van der Waals surface area (Å²) in [6.45, 7) is 3.02. The van der Waals surface area contributed by atoms with Gasteiger partial charge in [-0.05, 0) is 31.4 Å². The van der Waals surface area contributed by atoms with Crippen LogP contribution in [0.2, 0.25) is 0 Å². The average Bonchev–Trinajstić information content (AvgIpc) is 2.29. The lowest BCUT2D eigenvalue weighted by molar-refractivity contribution is 0.0468. The summed E-state index contributed by atoms with van der Waals surface area (Å²) in [5.74, 6) is -0.0724. The highest BCUT2D eigenvalue weighted by molar-refractivity contribution is 5.93. The summed E-state index contributed by atoms with van der Waals surface area (Å²) in [6, 6.07) is 3.69. The SMILES string of the molecule is Cc1cccnc1C(=O)N1CCC[C@H](O)C1. The molecule has 1 amide bonds. The average molecular weight is 220 g/mol. The molecular weight excluding hydrogens is 204 g/mol. The van der Waals surface area contributed by atoms with Gasteiger partial charge in [0.2, 0.25) is 0 Å². The van der Waals surface area contributed by atoms with E-state index >= 15 is 0 Å². The van der Waals surface area contributed by atoms with Gasteiger partial charge in [0.25, 0.3) is 5.91 Å². The summed E-state index contributed by atoms with van der Waals surface area (Å²) in [4.78, 5) is 17.9. The maximum Gasteiger partial charge on any atom is 0.272 e. The second kappa shape index (κ2) is 4.61. The van der Waals surface area contributed by atoms with Crippen LogP contribution in [-0.4, -0.2) is 40.1 Å². The van der Waals surface area contributed by atoms with E-state index in [1.165, 1.54) is 0 Å². The Morgan fingerprint density at radius 3 is 3.12 bits per heavy atom. The number of amides is 1. The Morgan fingerprint density at radius 2 is 2.44 bits per heavy atom. The quantitative estimate of drug-likeness (QED) is 0.767. The zero-order valence-corrected chi connectivity index (χ0v) is 9.39. The minimum absolute atomic E-state index is 0.0724. The number of aromatic nitrogens is 1. The van der Waals surface area contributed by atoms with Gasteiger partial charge in [0.15, 0.2) is 0 Å². The number of pyridine rings is 1. The van der Waals surface area contributed by atoms with Crippen LogP contribution in [0.3, 0.4) is 0 Å². The Morgan fingerprint density at radius 1 is 1.62 bits per heavy atom. The number of rotatable bonds is 1. The van der Waals surface area contributed by atoms with Crippen molar-refractivity contribution in [2.75, 3.05) is 13.1 Å². The molecule has 1 aromatic rings. The van der Waals surface area contributed by atoms with Crippen LogP contribution in [0.15, 0.2) is 18.3 Å². The van der Waals surface area contributed by atoms with Crippen molar-refractivity contribution in [2.24, 2.45) is 0 Å². The van der Waals surface area contributed by atoms with Crippen LogP contribution in [-0.2, 0) is 0 Å². The summed E-state index contributed by atoms with van der Waals surface area (Å²) >= 11 is 0. The van der Waals surface area contributed by atoms with Crippen molar-refractivity contribution < 1.29 is 9.90 Å². The molecule has 1 saturated heterocycles. The molecule has 16 heavy (non-hydrogen) atoms. The Hall–Kier alpha value is -1.42. The predicted octanol–water partition coefficient (Wildman–Crippen LogP) is 0.987. The molecule has 0 aromatic carbocycles. The van der Waals surface area contributed by atoms with Crippen molar-refractivity contribution in [1.29, 1.82) is 0 Å². The van der Waals surface area contributed by atoms with Crippen molar-refractivity contribution >= 4 is 5.91 Å². The number of piperidine rings is 1. The summed E-state index contributed by atoms with van der Waals surface area (Å²) in [5.41, 5.74) is 1.38. The van der Waals surface area contributed by atoms with Crippen LogP contribution in [0.5, 0.6) is 0 Å². The lowest BCUT2D eigenvalue weighted by Crippen LogP contribution is -2.42. The summed E-state index contributed by atoms with van der Waals surface area (Å²) < 4.78 is 0. The topological polar surface area (TPSA) is 53.4 Å². The first kappa shape index (κ1) is 11.1. The fourth-order valence-electron chi connectivity index (χ4n) is 2.00. The van der Waals surface area contributed by atoms with Gasteiger partial charge in [0.1, 0.15) is 5.69 Å². The lowest BCUT2D eigenvalue weighted by atomic mass is 10.1. The van der Waals surface area contributed by atoms with Crippen molar-refractivity contribution in [3.05, 3.63) is 29.6 Å². The number of nitrogens with zero attached hydrogens (tertiary/aromatic N) is 2. The highest BCUT2D eigenvalue weighted by atomic mass is 16.3. The van der Waals surface area contributed by atoms with Gasteiger partial charge in [-0.1, -0.05) is 6.07 Å². The molecule has 2 rings (SSSR count). The van der Waals surface area contributed by atoms with Crippen LogP contribution in [0.4, 0.5) is 0 Å². The molecule has 4 nitrogen and oxygen atoms in total. The van der Waals surface area contributed by atoms with E-state index < -0.39 is 0 Å². The number of hydrogen-bond donors (Lipinski definition) is 1. The number of aryl methyl sites for hydroxylation is 1. The van der Waals surface area contributed by atoms with E-state index in [4.69, 9.17) is 0 Å². The zero-order chi connectivity index (χ0) is 11.5. The second-order valence-electron chi connectivity index (χ2n) is 4.22. The Labute approximate surface area is 94.9 Å². The maximum atomic E-state index is 12.1. The first-order chi connectivity index (χ1) is 7.68. The van der Waals surface area contributed by atoms with E-state index in [0.29, 0.717) is 18.8 Å². The largest absolute Gasteiger partial charge is 0.391 e. The van der Waals surface area contributed by atoms with Crippen LogP contribution < -0.4 is 0 Å². The number of aliphatic hydroxyl groups excluding tert-OH is 1.